The van der Waals surface area contributed by atoms with Crippen LogP contribution in [0.5, 0.6) is 5.75 Å². The number of aromatic hydroxyl groups is 1. The van der Waals surface area contributed by atoms with E-state index in [1.807, 2.05) is 6.08 Å². The average molecular weight is 467 g/mol. The molecule has 0 saturated heterocycles. The highest BCUT2D eigenvalue weighted by Crippen LogP contribution is 2.66. The summed E-state index contributed by atoms with van der Waals surface area (Å²) in [5.41, 5.74) is -1.60. The Labute approximate surface area is 194 Å². The molecule has 0 bridgehead atoms. The Hall–Kier alpha value is -3.49. The minimum Gasteiger partial charge on any atom is -0.505 e. The van der Waals surface area contributed by atoms with E-state index in [-0.39, 0.29) is 24.5 Å². The van der Waals surface area contributed by atoms with Gasteiger partial charge in [0, 0.05) is 18.4 Å². The van der Waals surface area contributed by atoms with E-state index in [1.54, 1.807) is 33.8 Å². The van der Waals surface area contributed by atoms with Gasteiger partial charge in [0.25, 0.3) is 0 Å². The molecular formula is C25H26FN3O5. The van der Waals surface area contributed by atoms with Crippen molar-refractivity contribution < 1.29 is 19.1 Å². The lowest BCUT2D eigenvalue weighted by molar-refractivity contribution is -0.151. The first-order valence-corrected chi connectivity index (χ1v) is 11.2. The predicted molar refractivity (Wildman–Crippen MR) is 121 cm³/mol. The minimum absolute atomic E-state index is 0.112. The third-order valence-electron chi connectivity index (χ3n) is 8.61. The molecule has 1 fully saturated rings. The number of Topliss-reactive ketones (excluding diaryl/α,β-unsaturated/α-hetero) is 2. The lowest BCUT2D eigenvalue weighted by atomic mass is 9.43. The SMILES string of the molecule is CC1=C(C)C(=O)[C@@]2(C)[C@@H](c3ccc(O)c(F)c3)C3=CCn4c(=O)n(C)c(=O)n4[C@@H]3C[C@@]2(C)C1=O. The molecule has 0 amide bonds. The summed E-state index contributed by atoms with van der Waals surface area (Å²) in [7, 11) is 1.40. The highest BCUT2D eigenvalue weighted by atomic mass is 19.1. The molecule has 1 saturated carbocycles. The van der Waals surface area contributed by atoms with Crippen LogP contribution < -0.4 is 11.4 Å². The molecule has 2 aliphatic carbocycles. The number of carbonyl (C=O) groups is 2. The number of ketones is 2. The van der Waals surface area contributed by atoms with Crippen LogP contribution in [0, 0.1) is 16.6 Å². The number of aromatic nitrogens is 3. The Bertz CT molecular complexity index is 1490. The van der Waals surface area contributed by atoms with E-state index in [0.29, 0.717) is 22.3 Å². The van der Waals surface area contributed by atoms with E-state index in [4.69, 9.17) is 0 Å². The largest absolute Gasteiger partial charge is 0.505 e. The van der Waals surface area contributed by atoms with Gasteiger partial charge in [-0.2, -0.15) is 0 Å². The van der Waals surface area contributed by atoms with Crippen molar-refractivity contribution in [3.05, 3.63) is 73.3 Å². The van der Waals surface area contributed by atoms with Crippen molar-refractivity contribution in [2.24, 2.45) is 17.9 Å². The summed E-state index contributed by atoms with van der Waals surface area (Å²) in [6.07, 6.45) is 1.95. The number of hydrogen-bond acceptors (Lipinski definition) is 5. The lowest BCUT2D eigenvalue weighted by Crippen LogP contribution is -2.61. The van der Waals surface area contributed by atoms with E-state index in [9.17, 15) is 28.7 Å². The highest BCUT2D eigenvalue weighted by molar-refractivity contribution is 6.17. The number of phenols is 1. The van der Waals surface area contributed by atoms with Crippen LogP contribution in [0.2, 0.25) is 0 Å². The van der Waals surface area contributed by atoms with Crippen molar-refractivity contribution >= 4 is 11.6 Å². The lowest BCUT2D eigenvalue weighted by Gasteiger charge is -2.58. The fraction of sp³-hybridized carbons (Fsp3) is 0.440. The summed E-state index contributed by atoms with van der Waals surface area (Å²) in [5, 5.41) is 9.79. The topological polar surface area (TPSA) is 103 Å². The first kappa shape index (κ1) is 22.3. The summed E-state index contributed by atoms with van der Waals surface area (Å²) in [4.78, 5) is 53.4. The molecule has 1 aromatic carbocycles. The van der Waals surface area contributed by atoms with Gasteiger partial charge in [-0.3, -0.25) is 9.59 Å². The van der Waals surface area contributed by atoms with E-state index in [2.05, 4.69) is 0 Å². The van der Waals surface area contributed by atoms with Gasteiger partial charge in [-0.1, -0.05) is 26.0 Å². The second-order valence-electron chi connectivity index (χ2n) is 10.1. The molecular weight excluding hydrogens is 441 g/mol. The number of rotatable bonds is 1. The van der Waals surface area contributed by atoms with Crippen LogP contribution in [0.3, 0.4) is 0 Å². The van der Waals surface area contributed by atoms with Gasteiger partial charge in [-0.15, -0.1) is 0 Å². The zero-order valence-corrected chi connectivity index (χ0v) is 19.7. The van der Waals surface area contributed by atoms with Crippen molar-refractivity contribution in [1.82, 2.24) is 13.9 Å². The molecule has 4 atom stereocenters. The fourth-order valence-corrected chi connectivity index (χ4v) is 6.39. The molecule has 5 rings (SSSR count). The van der Waals surface area contributed by atoms with Gasteiger partial charge >= 0.3 is 11.4 Å². The molecule has 34 heavy (non-hydrogen) atoms. The molecule has 178 valence electrons. The quantitative estimate of drug-likeness (QED) is 0.649. The fourth-order valence-electron chi connectivity index (χ4n) is 6.39. The first-order valence-electron chi connectivity index (χ1n) is 11.2. The number of fused-ring (bicyclic) bond motifs is 4. The molecule has 1 N–H and O–H groups in total. The molecule has 8 nitrogen and oxygen atoms in total. The summed E-state index contributed by atoms with van der Waals surface area (Å²) < 4.78 is 18.3. The van der Waals surface area contributed by atoms with Crippen molar-refractivity contribution in [2.45, 2.75) is 52.6 Å². The zero-order chi connectivity index (χ0) is 24.9. The monoisotopic (exact) mass is 467 g/mol. The molecule has 1 aliphatic heterocycles. The van der Waals surface area contributed by atoms with E-state index < -0.39 is 45.7 Å². The molecule has 3 aliphatic rings. The van der Waals surface area contributed by atoms with Gasteiger partial charge in [0.05, 0.1) is 18.0 Å². The number of allylic oxidation sites excluding steroid dienone is 4. The zero-order valence-electron chi connectivity index (χ0n) is 19.7. The molecule has 0 spiro atoms. The third kappa shape index (κ3) is 2.42. The summed E-state index contributed by atoms with van der Waals surface area (Å²) in [6.45, 7) is 6.85. The number of hydrogen-bond donors (Lipinski definition) is 1. The number of phenolic OH excluding ortho intramolecular Hbond substituents is 1. The summed E-state index contributed by atoms with van der Waals surface area (Å²) in [5.74, 6) is -2.50. The van der Waals surface area contributed by atoms with Crippen LogP contribution in [-0.2, 0) is 23.2 Å². The van der Waals surface area contributed by atoms with Crippen molar-refractivity contribution in [2.75, 3.05) is 0 Å². The average Bonchev–Trinajstić information content (AvgIpc) is 3.03. The Balaban J connectivity index is 1.86. The number of benzene rings is 1. The summed E-state index contributed by atoms with van der Waals surface area (Å²) >= 11 is 0. The van der Waals surface area contributed by atoms with Gasteiger partial charge < -0.3 is 5.11 Å². The number of halogens is 1. The molecule has 9 heteroatoms. The molecule has 2 heterocycles. The third-order valence-corrected chi connectivity index (χ3v) is 8.61. The van der Waals surface area contributed by atoms with E-state index in [0.717, 1.165) is 4.57 Å². The first-order chi connectivity index (χ1) is 15.9. The van der Waals surface area contributed by atoms with E-state index >= 15 is 0 Å². The van der Waals surface area contributed by atoms with Crippen LogP contribution in [0.15, 0.2) is 50.6 Å². The predicted octanol–water partition coefficient (Wildman–Crippen LogP) is 2.36. The number of carbonyl (C=O) groups excluding carboxylic acids is 2. The van der Waals surface area contributed by atoms with Gasteiger partial charge in [-0.25, -0.2) is 27.9 Å². The van der Waals surface area contributed by atoms with Crippen LogP contribution >= 0.6 is 0 Å². The normalized spacial score (nSPS) is 30.6. The Morgan fingerprint density at radius 3 is 2.32 bits per heavy atom. The van der Waals surface area contributed by atoms with Crippen LogP contribution in [0.25, 0.3) is 0 Å². The Morgan fingerprint density at radius 2 is 1.68 bits per heavy atom. The van der Waals surface area contributed by atoms with Crippen LogP contribution in [0.1, 0.15) is 51.6 Å². The maximum absolute atomic E-state index is 14.5. The van der Waals surface area contributed by atoms with Crippen LogP contribution in [0.4, 0.5) is 4.39 Å². The van der Waals surface area contributed by atoms with Gasteiger partial charge in [0.1, 0.15) is 0 Å². The number of nitrogens with zero attached hydrogens (tertiary/aromatic N) is 3. The Kier molecular flexibility index (Phi) is 4.44. The second-order valence-corrected chi connectivity index (χ2v) is 10.1. The molecule has 0 radical (unpaired) electrons. The molecule has 2 aromatic rings. The Morgan fingerprint density at radius 1 is 1.03 bits per heavy atom. The van der Waals surface area contributed by atoms with E-state index in [1.165, 1.54) is 28.5 Å². The summed E-state index contributed by atoms with van der Waals surface area (Å²) in [6, 6.07) is 3.29. The van der Waals surface area contributed by atoms with Crippen LogP contribution in [-0.4, -0.2) is 30.6 Å². The van der Waals surface area contributed by atoms with Crippen molar-refractivity contribution in [1.29, 1.82) is 0 Å². The van der Waals surface area contributed by atoms with Crippen molar-refractivity contribution in [3.63, 3.8) is 0 Å². The maximum Gasteiger partial charge on any atom is 0.347 e. The highest BCUT2D eigenvalue weighted by Gasteiger charge is 2.66. The maximum atomic E-state index is 14.5. The smallest absolute Gasteiger partial charge is 0.347 e. The molecule has 1 aromatic heterocycles. The standard InChI is InChI=1S/C25H26FN3O5/c1-12-13(2)21(32)25(4)19(14-6-7-18(30)16(26)10-14)15-8-9-28-22(33)27(5)23(34)29(28)17(15)11-24(25,3)20(12)31/h6-8,10,17,19,30H,9,11H2,1-5H3/t17-,19+,24+,25-/m1/s1. The molecule has 0 unspecified atom stereocenters. The van der Waals surface area contributed by atoms with Gasteiger partial charge in [-0.05, 0) is 54.7 Å². The minimum atomic E-state index is -1.26. The second kappa shape index (κ2) is 6.77. The van der Waals surface area contributed by atoms with Crippen molar-refractivity contribution in [3.8, 4) is 5.75 Å². The van der Waals surface area contributed by atoms with Gasteiger partial charge in [0.2, 0.25) is 0 Å². The van der Waals surface area contributed by atoms with Gasteiger partial charge in [0.15, 0.2) is 23.1 Å².